The normalized spacial score (nSPS) is 22.6. The SMILES string of the molecule is C=C1CCC(C)N1.CN(C)C. The predicted molar refractivity (Wildman–Crippen MR) is 50.6 cm³/mol. The Morgan fingerprint density at radius 3 is 2.00 bits per heavy atom. The lowest BCUT2D eigenvalue weighted by Crippen LogP contribution is -2.14. The second-order valence-electron chi connectivity index (χ2n) is 3.53. The number of hydrogen-bond donors (Lipinski definition) is 1. The van der Waals surface area contributed by atoms with Gasteiger partial charge in [-0.2, -0.15) is 0 Å². The summed E-state index contributed by atoms with van der Waals surface area (Å²) in [7, 11) is 6.00. The van der Waals surface area contributed by atoms with Gasteiger partial charge in [0.25, 0.3) is 0 Å². The second-order valence-corrected chi connectivity index (χ2v) is 3.53. The molecule has 1 unspecified atom stereocenters. The highest BCUT2D eigenvalue weighted by Gasteiger charge is 2.09. The summed E-state index contributed by atoms with van der Waals surface area (Å²) < 4.78 is 0. The number of nitrogens with one attached hydrogen (secondary N) is 1. The molecule has 1 fully saturated rings. The lowest BCUT2D eigenvalue weighted by Gasteiger charge is -1.99. The van der Waals surface area contributed by atoms with Crippen molar-refractivity contribution >= 4 is 0 Å². The molecule has 11 heavy (non-hydrogen) atoms. The molecule has 0 saturated carbocycles. The van der Waals surface area contributed by atoms with Gasteiger partial charge in [0.15, 0.2) is 0 Å². The summed E-state index contributed by atoms with van der Waals surface area (Å²) >= 11 is 0. The minimum atomic E-state index is 0.674. The standard InChI is InChI=1S/C6H11N.C3H9N/c1-5-3-4-6(2)7-5;1-4(2)3/h6-7H,1,3-4H2,2H3;1-3H3. The van der Waals surface area contributed by atoms with Crippen molar-refractivity contribution in [2.75, 3.05) is 21.1 Å². The van der Waals surface area contributed by atoms with Crippen LogP contribution in [-0.4, -0.2) is 32.1 Å². The van der Waals surface area contributed by atoms with Crippen LogP contribution in [0.25, 0.3) is 0 Å². The lowest BCUT2D eigenvalue weighted by atomic mass is 10.2. The summed E-state index contributed by atoms with van der Waals surface area (Å²) in [6, 6.07) is 0.674. The molecule has 0 bridgehead atoms. The molecule has 0 aromatic heterocycles. The number of nitrogens with zero attached hydrogens (tertiary/aromatic N) is 1. The van der Waals surface area contributed by atoms with Gasteiger partial charge in [-0.3, -0.25) is 0 Å². The summed E-state index contributed by atoms with van der Waals surface area (Å²) in [5, 5.41) is 3.22. The lowest BCUT2D eigenvalue weighted by molar-refractivity contribution is 0.505. The Kier molecular flexibility index (Phi) is 4.95. The molecule has 0 spiro atoms. The smallest absolute Gasteiger partial charge is 0.0233 e. The molecule has 1 saturated heterocycles. The highest BCUT2D eigenvalue weighted by Crippen LogP contribution is 2.11. The van der Waals surface area contributed by atoms with E-state index < -0.39 is 0 Å². The first kappa shape index (κ1) is 10.5. The van der Waals surface area contributed by atoms with Crippen molar-refractivity contribution < 1.29 is 0 Å². The summed E-state index contributed by atoms with van der Waals surface area (Å²) in [4.78, 5) is 2.00. The first-order valence-corrected chi connectivity index (χ1v) is 4.07. The predicted octanol–water partition coefficient (Wildman–Crippen LogP) is 1.45. The maximum absolute atomic E-state index is 3.79. The zero-order valence-electron chi connectivity index (χ0n) is 8.15. The molecule has 2 heteroatoms. The van der Waals surface area contributed by atoms with Gasteiger partial charge in [0.1, 0.15) is 0 Å². The van der Waals surface area contributed by atoms with Gasteiger partial charge in [-0.05, 0) is 40.9 Å². The molecular formula is C9H20N2. The van der Waals surface area contributed by atoms with Crippen LogP contribution >= 0.6 is 0 Å². The first-order chi connectivity index (χ1) is 5.02. The third kappa shape index (κ3) is 7.40. The summed E-state index contributed by atoms with van der Waals surface area (Å²) in [6.45, 7) is 5.97. The van der Waals surface area contributed by atoms with Crippen LogP contribution in [0.15, 0.2) is 12.3 Å². The number of rotatable bonds is 0. The van der Waals surface area contributed by atoms with Crippen LogP contribution in [0, 0.1) is 0 Å². The van der Waals surface area contributed by atoms with Gasteiger partial charge in [0, 0.05) is 11.7 Å². The Morgan fingerprint density at radius 1 is 1.45 bits per heavy atom. The maximum Gasteiger partial charge on any atom is 0.0233 e. The summed E-state index contributed by atoms with van der Waals surface area (Å²) in [6.07, 6.45) is 2.43. The van der Waals surface area contributed by atoms with E-state index in [2.05, 4.69) is 18.8 Å². The van der Waals surface area contributed by atoms with Crippen molar-refractivity contribution in [2.45, 2.75) is 25.8 Å². The number of hydrogen-bond acceptors (Lipinski definition) is 2. The van der Waals surface area contributed by atoms with E-state index >= 15 is 0 Å². The van der Waals surface area contributed by atoms with Crippen molar-refractivity contribution in [1.82, 2.24) is 10.2 Å². The van der Waals surface area contributed by atoms with E-state index in [1.807, 2.05) is 26.0 Å². The Hall–Kier alpha value is -0.500. The maximum atomic E-state index is 3.79. The molecule has 0 aromatic carbocycles. The monoisotopic (exact) mass is 156 g/mol. The van der Waals surface area contributed by atoms with Crippen LogP contribution < -0.4 is 5.32 Å². The Bertz CT molecular complexity index is 116. The van der Waals surface area contributed by atoms with E-state index in [9.17, 15) is 0 Å². The van der Waals surface area contributed by atoms with Crippen LogP contribution in [0.4, 0.5) is 0 Å². The van der Waals surface area contributed by atoms with Gasteiger partial charge in [0.2, 0.25) is 0 Å². The van der Waals surface area contributed by atoms with E-state index in [0.717, 1.165) is 0 Å². The molecule has 1 atom stereocenters. The number of allylic oxidation sites excluding steroid dienone is 1. The quantitative estimate of drug-likeness (QED) is 0.571. The van der Waals surface area contributed by atoms with Crippen molar-refractivity contribution in [2.24, 2.45) is 0 Å². The average molecular weight is 156 g/mol. The third-order valence-corrected chi connectivity index (χ3v) is 1.33. The molecule has 66 valence electrons. The van der Waals surface area contributed by atoms with Crippen molar-refractivity contribution in [1.29, 1.82) is 0 Å². The Morgan fingerprint density at radius 2 is 1.91 bits per heavy atom. The molecule has 1 aliphatic rings. The van der Waals surface area contributed by atoms with E-state index in [-0.39, 0.29) is 0 Å². The molecule has 1 aliphatic heterocycles. The molecule has 1 heterocycles. The second kappa shape index (κ2) is 5.19. The topological polar surface area (TPSA) is 15.3 Å². The van der Waals surface area contributed by atoms with E-state index in [1.165, 1.54) is 18.5 Å². The molecule has 0 radical (unpaired) electrons. The van der Waals surface area contributed by atoms with Crippen LogP contribution in [0.3, 0.4) is 0 Å². The van der Waals surface area contributed by atoms with Gasteiger partial charge in [-0.15, -0.1) is 0 Å². The van der Waals surface area contributed by atoms with Crippen molar-refractivity contribution in [3.05, 3.63) is 12.3 Å². The molecule has 0 amide bonds. The summed E-state index contributed by atoms with van der Waals surface area (Å²) in [5.41, 5.74) is 1.20. The fourth-order valence-electron chi connectivity index (χ4n) is 0.884. The van der Waals surface area contributed by atoms with Crippen LogP contribution in [-0.2, 0) is 0 Å². The first-order valence-electron chi connectivity index (χ1n) is 4.07. The van der Waals surface area contributed by atoms with Gasteiger partial charge in [0.05, 0.1) is 0 Å². The molecular weight excluding hydrogens is 136 g/mol. The zero-order chi connectivity index (χ0) is 8.85. The minimum Gasteiger partial charge on any atom is -0.386 e. The van der Waals surface area contributed by atoms with E-state index in [4.69, 9.17) is 0 Å². The van der Waals surface area contributed by atoms with Crippen LogP contribution in [0.2, 0.25) is 0 Å². The van der Waals surface area contributed by atoms with E-state index in [1.54, 1.807) is 0 Å². The zero-order valence-corrected chi connectivity index (χ0v) is 8.15. The highest BCUT2D eigenvalue weighted by atomic mass is 15.0. The van der Waals surface area contributed by atoms with Gasteiger partial charge >= 0.3 is 0 Å². The molecule has 0 aromatic rings. The van der Waals surface area contributed by atoms with Crippen molar-refractivity contribution in [3.63, 3.8) is 0 Å². The average Bonchev–Trinajstić information content (AvgIpc) is 2.13. The molecule has 1 N–H and O–H groups in total. The van der Waals surface area contributed by atoms with Crippen LogP contribution in [0.5, 0.6) is 0 Å². The fraction of sp³-hybridized carbons (Fsp3) is 0.778. The summed E-state index contributed by atoms with van der Waals surface area (Å²) in [5.74, 6) is 0. The highest BCUT2D eigenvalue weighted by molar-refractivity contribution is 4.99. The van der Waals surface area contributed by atoms with Gasteiger partial charge in [-0.25, -0.2) is 0 Å². The Labute approximate surface area is 70.3 Å². The fourth-order valence-corrected chi connectivity index (χ4v) is 0.884. The van der Waals surface area contributed by atoms with Crippen LogP contribution in [0.1, 0.15) is 19.8 Å². The van der Waals surface area contributed by atoms with Gasteiger partial charge in [-0.1, -0.05) is 6.58 Å². The molecule has 1 rings (SSSR count). The largest absolute Gasteiger partial charge is 0.386 e. The molecule has 0 aliphatic carbocycles. The minimum absolute atomic E-state index is 0.674. The van der Waals surface area contributed by atoms with Crippen molar-refractivity contribution in [3.8, 4) is 0 Å². The Balaban J connectivity index is 0.000000218. The van der Waals surface area contributed by atoms with E-state index in [0.29, 0.717) is 6.04 Å². The van der Waals surface area contributed by atoms with Gasteiger partial charge < -0.3 is 10.2 Å². The third-order valence-electron chi connectivity index (χ3n) is 1.33. The molecule has 2 nitrogen and oxygen atoms in total.